The second-order valence-corrected chi connectivity index (χ2v) is 5.66. The molecule has 0 aliphatic rings. The van der Waals surface area contributed by atoms with Crippen LogP contribution in [0.25, 0.3) is 0 Å². The zero-order valence-corrected chi connectivity index (χ0v) is 10.4. The zero-order valence-electron chi connectivity index (χ0n) is 8.83. The third-order valence-electron chi connectivity index (χ3n) is 2.01. The molecule has 0 saturated carbocycles. The van der Waals surface area contributed by atoms with Gasteiger partial charge in [-0.15, -0.1) is 0 Å². The number of rotatable bonds is 5. The lowest BCUT2D eigenvalue weighted by atomic mass is 10.3. The van der Waals surface area contributed by atoms with Gasteiger partial charge in [-0.25, -0.2) is 13.1 Å². The molecule has 0 bridgehead atoms. The van der Waals surface area contributed by atoms with Crippen LogP contribution in [0.2, 0.25) is 5.02 Å². The van der Waals surface area contributed by atoms with Crippen LogP contribution in [0, 0.1) is 0 Å². The molecule has 1 aromatic carbocycles. The topological polar surface area (TPSA) is 84.2 Å². The van der Waals surface area contributed by atoms with Crippen molar-refractivity contribution in [3.05, 3.63) is 23.2 Å². The molecule has 1 rings (SSSR count). The van der Waals surface area contributed by atoms with E-state index in [2.05, 4.69) is 10.0 Å². The van der Waals surface area contributed by atoms with Gasteiger partial charge in [0.15, 0.2) is 0 Å². The van der Waals surface area contributed by atoms with Gasteiger partial charge in [0.2, 0.25) is 10.0 Å². The van der Waals surface area contributed by atoms with Crippen LogP contribution < -0.4 is 15.8 Å². The van der Waals surface area contributed by atoms with Gasteiger partial charge in [0.25, 0.3) is 0 Å². The molecule has 0 saturated heterocycles. The van der Waals surface area contributed by atoms with Crippen molar-refractivity contribution in [3.8, 4) is 0 Å². The van der Waals surface area contributed by atoms with Crippen LogP contribution in [0.4, 0.5) is 11.4 Å². The van der Waals surface area contributed by atoms with Gasteiger partial charge in [0.1, 0.15) is 0 Å². The summed E-state index contributed by atoms with van der Waals surface area (Å²) >= 11 is 5.73. The third-order valence-corrected chi connectivity index (χ3v) is 3.61. The summed E-state index contributed by atoms with van der Waals surface area (Å²) in [6.07, 6.45) is 0. The fraction of sp³-hybridized carbons (Fsp3) is 0.333. The second-order valence-electron chi connectivity index (χ2n) is 3.18. The lowest BCUT2D eigenvalue weighted by Gasteiger charge is -2.09. The van der Waals surface area contributed by atoms with Gasteiger partial charge >= 0.3 is 0 Å². The van der Waals surface area contributed by atoms with E-state index >= 15 is 0 Å². The van der Waals surface area contributed by atoms with E-state index in [1.807, 2.05) is 0 Å². The van der Waals surface area contributed by atoms with E-state index in [1.165, 1.54) is 7.05 Å². The summed E-state index contributed by atoms with van der Waals surface area (Å²) in [6, 6.07) is 5.01. The van der Waals surface area contributed by atoms with Crippen LogP contribution in [0.3, 0.4) is 0 Å². The van der Waals surface area contributed by atoms with E-state index in [-0.39, 0.29) is 12.3 Å². The second kappa shape index (κ2) is 5.38. The summed E-state index contributed by atoms with van der Waals surface area (Å²) in [5.74, 6) is -0.00837. The van der Waals surface area contributed by atoms with E-state index in [0.29, 0.717) is 16.4 Å². The summed E-state index contributed by atoms with van der Waals surface area (Å²) in [5.41, 5.74) is 6.86. The molecule has 5 nitrogen and oxygen atoms in total. The van der Waals surface area contributed by atoms with Crippen molar-refractivity contribution >= 4 is 33.0 Å². The average molecular weight is 264 g/mol. The van der Waals surface area contributed by atoms with Crippen LogP contribution in [-0.4, -0.2) is 27.8 Å². The van der Waals surface area contributed by atoms with Crippen molar-refractivity contribution in [1.82, 2.24) is 4.72 Å². The molecule has 0 amide bonds. The Balaban J connectivity index is 2.56. The van der Waals surface area contributed by atoms with Crippen molar-refractivity contribution in [1.29, 1.82) is 0 Å². The van der Waals surface area contributed by atoms with E-state index in [1.54, 1.807) is 18.2 Å². The number of anilines is 2. The van der Waals surface area contributed by atoms with Crippen molar-refractivity contribution in [2.24, 2.45) is 0 Å². The number of nitrogens with two attached hydrogens (primary N) is 1. The molecule has 90 valence electrons. The molecule has 0 aliphatic heterocycles. The molecular formula is C9H14ClN3O2S. The van der Waals surface area contributed by atoms with Crippen LogP contribution in [0.15, 0.2) is 18.2 Å². The van der Waals surface area contributed by atoms with Crippen LogP contribution in [0.1, 0.15) is 0 Å². The van der Waals surface area contributed by atoms with Crippen molar-refractivity contribution in [2.45, 2.75) is 0 Å². The Hall–Kier alpha value is -0.980. The number of hydrogen-bond acceptors (Lipinski definition) is 4. The minimum Gasteiger partial charge on any atom is -0.397 e. The number of nitrogen functional groups attached to an aromatic ring is 1. The lowest BCUT2D eigenvalue weighted by molar-refractivity contribution is 0.588. The Kier molecular flexibility index (Phi) is 4.40. The highest BCUT2D eigenvalue weighted by Crippen LogP contribution is 2.22. The maximum absolute atomic E-state index is 11.1. The molecular weight excluding hydrogens is 250 g/mol. The van der Waals surface area contributed by atoms with Gasteiger partial charge in [-0.1, -0.05) is 11.6 Å². The molecule has 0 unspecified atom stereocenters. The van der Waals surface area contributed by atoms with E-state index < -0.39 is 10.0 Å². The molecule has 0 radical (unpaired) electrons. The smallest absolute Gasteiger partial charge is 0.213 e. The number of benzene rings is 1. The molecule has 16 heavy (non-hydrogen) atoms. The first-order valence-electron chi connectivity index (χ1n) is 4.65. The predicted octanol–water partition coefficient (Wildman–Crippen LogP) is 0.883. The van der Waals surface area contributed by atoms with Crippen LogP contribution in [-0.2, 0) is 10.0 Å². The largest absolute Gasteiger partial charge is 0.397 e. The maximum atomic E-state index is 11.1. The molecule has 7 heteroatoms. The molecule has 1 aromatic rings. The van der Waals surface area contributed by atoms with Gasteiger partial charge < -0.3 is 11.1 Å². The number of nitrogens with one attached hydrogen (secondary N) is 2. The Labute approximate surface area is 100 Å². The Morgan fingerprint density at radius 2 is 2.12 bits per heavy atom. The Morgan fingerprint density at radius 1 is 1.44 bits per heavy atom. The lowest BCUT2D eigenvalue weighted by Crippen LogP contribution is -2.26. The van der Waals surface area contributed by atoms with Crippen LogP contribution in [0.5, 0.6) is 0 Å². The molecule has 0 atom stereocenters. The van der Waals surface area contributed by atoms with Gasteiger partial charge in [-0.3, -0.25) is 0 Å². The van der Waals surface area contributed by atoms with E-state index in [9.17, 15) is 8.42 Å². The molecule has 0 aromatic heterocycles. The van der Waals surface area contributed by atoms with Crippen molar-refractivity contribution < 1.29 is 8.42 Å². The van der Waals surface area contributed by atoms with Gasteiger partial charge in [0.05, 0.1) is 17.1 Å². The minimum absolute atomic E-state index is 0.00837. The van der Waals surface area contributed by atoms with Gasteiger partial charge in [-0.05, 0) is 25.2 Å². The monoisotopic (exact) mass is 263 g/mol. The standard InChI is InChI=1S/C9H14ClN3O2S/c1-12-16(14,15)5-4-13-9-3-2-7(10)6-8(9)11/h2-3,6,12-13H,4-5,11H2,1H3. The Morgan fingerprint density at radius 3 is 2.69 bits per heavy atom. The molecule has 0 heterocycles. The van der Waals surface area contributed by atoms with E-state index in [4.69, 9.17) is 17.3 Å². The van der Waals surface area contributed by atoms with Gasteiger partial charge in [0, 0.05) is 11.6 Å². The first-order chi connectivity index (χ1) is 7.44. The highest BCUT2D eigenvalue weighted by atomic mass is 35.5. The molecule has 0 aliphatic carbocycles. The highest BCUT2D eigenvalue weighted by molar-refractivity contribution is 7.89. The Bertz CT molecular complexity index is 462. The normalized spacial score (nSPS) is 11.4. The molecule has 0 spiro atoms. The average Bonchev–Trinajstić information content (AvgIpc) is 2.21. The zero-order chi connectivity index (χ0) is 12.2. The summed E-state index contributed by atoms with van der Waals surface area (Å²) in [6.45, 7) is 0.287. The minimum atomic E-state index is -3.19. The fourth-order valence-electron chi connectivity index (χ4n) is 1.12. The quantitative estimate of drug-likeness (QED) is 0.689. The number of halogens is 1. The summed E-state index contributed by atoms with van der Waals surface area (Å²) in [4.78, 5) is 0. The third kappa shape index (κ3) is 3.88. The van der Waals surface area contributed by atoms with E-state index in [0.717, 1.165) is 0 Å². The summed E-state index contributed by atoms with van der Waals surface area (Å²) < 4.78 is 24.5. The molecule has 0 fully saturated rings. The first kappa shape index (κ1) is 13.1. The molecule has 4 N–H and O–H groups in total. The SMILES string of the molecule is CNS(=O)(=O)CCNc1ccc(Cl)cc1N. The first-order valence-corrected chi connectivity index (χ1v) is 6.68. The highest BCUT2D eigenvalue weighted by Gasteiger charge is 2.06. The van der Waals surface area contributed by atoms with Crippen molar-refractivity contribution in [3.63, 3.8) is 0 Å². The maximum Gasteiger partial charge on any atom is 0.213 e. The number of sulfonamides is 1. The fourth-order valence-corrected chi connectivity index (χ4v) is 1.87. The summed E-state index contributed by atoms with van der Waals surface area (Å²) in [7, 11) is -1.81. The number of hydrogen-bond donors (Lipinski definition) is 3. The predicted molar refractivity (Wildman–Crippen MR) is 67.2 cm³/mol. The summed E-state index contributed by atoms with van der Waals surface area (Å²) in [5, 5.41) is 3.47. The van der Waals surface area contributed by atoms with Crippen molar-refractivity contribution in [2.75, 3.05) is 30.4 Å². The van der Waals surface area contributed by atoms with Crippen LogP contribution >= 0.6 is 11.6 Å². The van der Waals surface area contributed by atoms with Gasteiger partial charge in [-0.2, -0.15) is 0 Å².